The molecule has 1 aliphatic heterocycles. The Kier molecular flexibility index (Phi) is 5.17. The maximum atomic E-state index is 12.8. The lowest BCUT2D eigenvalue weighted by Gasteiger charge is -2.36. The van der Waals surface area contributed by atoms with Crippen LogP contribution in [0.3, 0.4) is 0 Å². The van der Waals surface area contributed by atoms with E-state index in [4.69, 9.17) is 11.6 Å². The van der Waals surface area contributed by atoms with Crippen molar-refractivity contribution in [1.82, 2.24) is 18.8 Å². The average Bonchev–Trinajstić information content (AvgIpc) is 2.92. The van der Waals surface area contributed by atoms with E-state index >= 15 is 0 Å². The second kappa shape index (κ2) is 7.12. The Morgan fingerprint density at radius 3 is 2.74 bits per heavy atom. The minimum absolute atomic E-state index is 0.117. The largest absolute Gasteiger partial charge is 0.506 e. The highest BCUT2D eigenvalue weighted by molar-refractivity contribution is 7.87. The van der Waals surface area contributed by atoms with Gasteiger partial charge in [-0.1, -0.05) is 11.6 Å². The van der Waals surface area contributed by atoms with Crippen molar-refractivity contribution in [3.8, 4) is 5.75 Å². The van der Waals surface area contributed by atoms with Gasteiger partial charge in [0.25, 0.3) is 10.2 Å². The second-order valence-corrected chi connectivity index (χ2v) is 8.60. The number of benzene rings is 1. The molecule has 0 radical (unpaired) electrons. The zero-order valence-electron chi connectivity index (χ0n) is 15.0. The topological polar surface area (TPSA) is 117 Å². The summed E-state index contributed by atoms with van der Waals surface area (Å²) in [7, 11) is -0.786. The summed E-state index contributed by atoms with van der Waals surface area (Å²) >= 11 is 5.90. The van der Waals surface area contributed by atoms with Crippen molar-refractivity contribution in [3.63, 3.8) is 0 Å². The van der Waals surface area contributed by atoms with Gasteiger partial charge in [0, 0.05) is 30.4 Å². The van der Waals surface area contributed by atoms with E-state index in [1.54, 1.807) is 17.9 Å². The normalized spacial score (nSPS) is 22.5. The highest BCUT2D eigenvalue weighted by Gasteiger charge is 2.41. The van der Waals surface area contributed by atoms with E-state index in [0.29, 0.717) is 10.6 Å². The molecular weight excluding hydrogens is 394 g/mol. The quantitative estimate of drug-likeness (QED) is 0.656. The van der Waals surface area contributed by atoms with Gasteiger partial charge in [-0.15, -0.1) is 0 Å². The van der Waals surface area contributed by atoms with E-state index in [9.17, 15) is 18.3 Å². The summed E-state index contributed by atoms with van der Waals surface area (Å²) in [6.07, 6.45) is 1.79. The summed E-state index contributed by atoms with van der Waals surface area (Å²) in [5.74, 6) is -0.724. The molecule has 0 unspecified atom stereocenters. The first-order valence-electron chi connectivity index (χ1n) is 8.13. The molecule has 1 aromatic heterocycles. The number of rotatable bonds is 3. The predicted molar refractivity (Wildman–Crippen MR) is 101 cm³/mol. The highest BCUT2D eigenvalue weighted by atomic mass is 35.5. The summed E-state index contributed by atoms with van der Waals surface area (Å²) < 4.78 is 30.2. The van der Waals surface area contributed by atoms with Crippen LogP contribution in [0.15, 0.2) is 24.4 Å². The predicted octanol–water partition coefficient (Wildman–Crippen LogP) is 1.31. The van der Waals surface area contributed by atoms with Crippen molar-refractivity contribution < 1.29 is 18.3 Å². The Hall–Kier alpha value is -2.14. The van der Waals surface area contributed by atoms with Crippen molar-refractivity contribution in [3.05, 3.63) is 40.7 Å². The van der Waals surface area contributed by atoms with Crippen LogP contribution in [0.2, 0.25) is 5.02 Å². The Morgan fingerprint density at radius 2 is 2.11 bits per heavy atom. The van der Waals surface area contributed by atoms with Crippen LogP contribution in [0, 0.1) is 6.92 Å². The smallest absolute Gasteiger partial charge is 0.280 e. The summed E-state index contributed by atoms with van der Waals surface area (Å²) in [6.45, 7) is 1.83. The highest BCUT2D eigenvalue weighted by Crippen LogP contribution is 2.31. The Morgan fingerprint density at radius 1 is 1.41 bits per heavy atom. The molecule has 2 heterocycles. The minimum Gasteiger partial charge on any atom is -0.506 e. The molecule has 9 nitrogen and oxygen atoms in total. The molecule has 0 spiro atoms. The zero-order chi connectivity index (χ0) is 19.9. The molecule has 0 saturated carbocycles. The fourth-order valence-corrected chi connectivity index (χ4v) is 4.43. The van der Waals surface area contributed by atoms with E-state index in [1.165, 1.54) is 25.2 Å². The van der Waals surface area contributed by atoms with Gasteiger partial charge in [-0.25, -0.2) is 0 Å². The third-order valence-corrected chi connectivity index (χ3v) is 6.57. The van der Waals surface area contributed by atoms with Crippen molar-refractivity contribution in [2.24, 2.45) is 7.05 Å². The molecule has 3 rings (SSSR count). The molecule has 2 atom stereocenters. The summed E-state index contributed by atoms with van der Waals surface area (Å²) in [5, 5.41) is 16.9. The number of phenols is 1. The third kappa shape index (κ3) is 3.79. The van der Waals surface area contributed by atoms with Crippen LogP contribution >= 0.6 is 11.6 Å². The molecule has 1 aliphatic rings. The molecule has 1 saturated heterocycles. The number of hydrogen-bond donors (Lipinski definition) is 3. The third-order valence-electron chi connectivity index (χ3n) is 4.74. The van der Waals surface area contributed by atoms with Crippen molar-refractivity contribution in [2.75, 3.05) is 12.4 Å². The molecule has 2 aromatic rings. The number of aryl methyl sites for hydroxylation is 1. The van der Waals surface area contributed by atoms with Crippen molar-refractivity contribution in [2.45, 2.75) is 25.4 Å². The van der Waals surface area contributed by atoms with Gasteiger partial charge in [-0.2, -0.15) is 22.5 Å². The standard InChI is InChI=1S/C16H20ClN5O4S/c1-9-11(8-18-21(9)2)12-7-14(22(3)27(25,26)20-12)16(24)19-13-6-10(17)4-5-15(13)23/h4-6,8,12,14,20,23H,7H2,1-3H3,(H,19,24)/t12-,14+/m1/s1. The van der Waals surface area contributed by atoms with Crippen LogP contribution in [0.1, 0.15) is 23.7 Å². The number of phenolic OH excluding ortho intramolecular Hbond substituents is 1. The van der Waals surface area contributed by atoms with Gasteiger partial charge >= 0.3 is 0 Å². The lowest BCUT2D eigenvalue weighted by atomic mass is 10.00. The molecule has 0 bridgehead atoms. The number of aromatic hydroxyl groups is 1. The second-order valence-electron chi connectivity index (χ2n) is 6.40. The van der Waals surface area contributed by atoms with Gasteiger partial charge in [0.15, 0.2) is 0 Å². The van der Waals surface area contributed by atoms with Gasteiger partial charge in [0.1, 0.15) is 11.8 Å². The fraction of sp³-hybridized carbons (Fsp3) is 0.375. The van der Waals surface area contributed by atoms with Crippen LogP contribution in [-0.2, 0) is 22.1 Å². The van der Waals surface area contributed by atoms with Crippen LogP contribution < -0.4 is 10.0 Å². The number of nitrogens with zero attached hydrogens (tertiary/aromatic N) is 3. The van der Waals surface area contributed by atoms with E-state index in [2.05, 4.69) is 15.1 Å². The van der Waals surface area contributed by atoms with Gasteiger partial charge in [0.05, 0.1) is 17.9 Å². The van der Waals surface area contributed by atoms with Crippen LogP contribution in [-0.4, -0.2) is 46.6 Å². The molecule has 1 amide bonds. The van der Waals surface area contributed by atoms with E-state index < -0.39 is 28.2 Å². The summed E-state index contributed by atoms with van der Waals surface area (Å²) in [6, 6.07) is 2.66. The number of hydrogen-bond acceptors (Lipinski definition) is 5. The molecular formula is C16H20ClN5O4S. The van der Waals surface area contributed by atoms with E-state index in [0.717, 1.165) is 10.00 Å². The monoisotopic (exact) mass is 413 g/mol. The van der Waals surface area contributed by atoms with Gasteiger partial charge in [-0.3, -0.25) is 9.48 Å². The fourth-order valence-electron chi connectivity index (χ4n) is 3.00. The molecule has 3 N–H and O–H groups in total. The van der Waals surface area contributed by atoms with Gasteiger partial charge < -0.3 is 10.4 Å². The number of aromatic nitrogens is 2. The first-order valence-corrected chi connectivity index (χ1v) is 9.95. The molecule has 146 valence electrons. The Bertz CT molecular complexity index is 991. The van der Waals surface area contributed by atoms with E-state index in [1.807, 2.05) is 6.92 Å². The average molecular weight is 414 g/mol. The lowest BCUT2D eigenvalue weighted by molar-refractivity contribution is -0.120. The number of likely N-dealkylation sites (N-methyl/N-ethyl adjacent to an activating group) is 1. The van der Waals surface area contributed by atoms with Gasteiger partial charge in [-0.05, 0) is 31.5 Å². The molecule has 27 heavy (non-hydrogen) atoms. The van der Waals surface area contributed by atoms with E-state index in [-0.39, 0.29) is 17.9 Å². The Labute approximate surface area is 162 Å². The van der Waals surface area contributed by atoms with Crippen LogP contribution in [0.25, 0.3) is 0 Å². The number of carbonyl (C=O) groups is 1. The van der Waals surface area contributed by atoms with Crippen molar-refractivity contribution >= 4 is 33.4 Å². The Balaban J connectivity index is 1.89. The number of carbonyl (C=O) groups excluding carboxylic acids is 1. The lowest BCUT2D eigenvalue weighted by Crippen LogP contribution is -2.56. The first-order chi connectivity index (χ1) is 12.6. The maximum Gasteiger partial charge on any atom is 0.280 e. The SMILES string of the molecule is Cc1c([C@H]2C[C@@H](C(=O)Nc3cc(Cl)ccc3O)N(C)S(=O)(=O)N2)cnn1C. The minimum atomic E-state index is -3.87. The molecule has 1 fully saturated rings. The molecule has 1 aromatic carbocycles. The van der Waals surface area contributed by atoms with Crippen molar-refractivity contribution in [1.29, 1.82) is 0 Å². The molecule has 11 heteroatoms. The van der Waals surface area contributed by atoms with Gasteiger partial charge in [0.2, 0.25) is 5.91 Å². The number of amides is 1. The summed E-state index contributed by atoms with van der Waals surface area (Å²) in [5.41, 5.74) is 1.63. The maximum absolute atomic E-state index is 12.8. The first kappa shape index (κ1) is 19.6. The molecule has 0 aliphatic carbocycles. The number of halogens is 1. The summed E-state index contributed by atoms with van der Waals surface area (Å²) in [4.78, 5) is 12.8. The number of nitrogens with one attached hydrogen (secondary N) is 2. The van der Waals surface area contributed by atoms with Crippen LogP contribution in [0.4, 0.5) is 5.69 Å². The zero-order valence-corrected chi connectivity index (χ0v) is 16.5. The van der Waals surface area contributed by atoms with Crippen LogP contribution in [0.5, 0.6) is 5.75 Å². The number of anilines is 1.